The maximum atomic E-state index is 6.00. The predicted molar refractivity (Wildman–Crippen MR) is 106 cm³/mol. The first kappa shape index (κ1) is 18.7. The van der Waals surface area contributed by atoms with Crippen LogP contribution in [-0.2, 0) is 6.42 Å². The van der Waals surface area contributed by atoms with Gasteiger partial charge in [0.05, 0.1) is 26.1 Å². The Labute approximate surface area is 162 Å². The SMILES string of the molecule is COc1ccc(OC)c(Nc2cnnc(NCCc3cccc(Cl)c3)n2)c1. The van der Waals surface area contributed by atoms with Crippen LogP contribution >= 0.6 is 11.6 Å². The number of rotatable bonds is 8. The molecule has 3 aromatic rings. The lowest BCUT2D eigenvalue weighted by atomic mass is 10.1. The lowest BCUT2D eigenvalue weighted by molar-refractivity contribution is 0.405. The highest BCUT2D eigenvalue weighted by atomic mass is 35.5. The molecule has 27 heavy (non-hydrogen) atoms. The Hall–Kier alpha value is -3.06. The summed E-state index contributed by atoms with van der Waals surface area (Å²) in [7, 11) is 3.22. The monoisotopic (exact) mass is 385 g/mol. The van der Waals surface area contributed by atoms with Crippen LogP contribution in [0.25, 0.3) is 0 Å². The van der Waals surface area contributed by atoms with E-state index in [1.54, 1.807) is 20.4 Å². The Morgan fingerprint density at radius 1 is 1.07 bits per heavy atom. The van der Waals surface area contributed by atoms with Crippen LogP contribution in [0.2, 0.25) is 5.02 Å². The molecular formula is C19H20ClN5O2. The Balaban J connectivity index is 1.65. The third kappa shape index (κ3) is 5.21. The van der Waals surface area contributed by atoms with Gasteiger partial charge in [-0.25, -0.2) is 0 Å². The van der Waals surface area contributed by atoms with Gasteiger partial charge < -0.3 is 20.1 Å². The van der Waals surface area contributed by atoms with Gasteiger partial charge in [-0.3, -0.25) is 0 Å². The summed E-state index contributed by atoms with van der Waals surface area (Å²) in [6, 6.07) is 13.2. The molecule has 0 amide bonds. The molecule has 3 rings (SSSR count). The van der Waals surface area contributed by atoms with E-state index in [0.717, 1.165) is 22.7 Å². The van der Waals surface area contributed by atoms with Crippen molar-refractivity contribution in [3.8, 4) is 11.5 Å². The second-order valence-electron chi connectivity index (χ2n) is 5.66. The molecule has 0 spiro atoms. The highest BCUT2D eigenvalue weighted by molar-refractivity contribution is 6.30. The van der Waals surface area contributed by atoms with Gasteiger partial charge in [0.2, 0.25) is 5.95 Å². The van der Waals surface area contributed by atoms with E-state index in [4.69, 9.17) is 21.1 Å². The van der Waals surface area contributed by atoms with Crippen LogP contribution in [0, 0.1) is 0 Å². The average molecular weight is 386 g/mol. The molecule has 0 aliphatic carbocycles. The molecule has 0 aliphatic rings. The summed E-state index contributed by atoms with van der Waals surface area (Å²) in [6.07, 6.45) is 2.34. The summed E-state index contributed by atoms with van der Waals surface area (Å²) in [5, 5.41) is 15.1. The molecule has 0 fully saturated rings. The quantitative estimate of drug-likeness (QED) is 0.607. The smallest absolute Gasteiger partial charge is 0.244 e. The van der Waals surface area contributed by atoms with Gasteiger partial charge in [-0.05, 0) is 36.2 Å². The maximum absolute atomic E-state index is 6.00. The van der Waals surface area contributed by atoms with E-state index in [0.29, 0.717) is 29.8 Å². The largest absolute Gasteiger partial charge is 0.497 e. The van der Waals surface area contributed by atoms with Crippen LogP contribution in [0.1, 0.15) is 5.56 Å². The Morgan fingerprint density at radius 3 is 2.74 bits per heavy atom. The van der Waals surface area contributed by atoms with Crippen molar-refractivity contribution in [1.82, 2.24) is 15.2 Å². The molecule has 2 aromatic carbocycles. The van der Waals surface area contributed by atoms with Crippen molar-refractivity contribution in [1.29, 1.82) is 0 Å². The average Bonchev–Trinajstić information content (AvgIpc) is 2.68. The van der Waals surface area contributed by atoms with Crippen molar-refractivity contribution < 1.29 is 9.47 Å². The standard InChI is InChI=1S/C19H20ClN5O2/c1-26-15-6-7-17(27-2)16(11-15)23-18-12-22-25-19(24-18)21-9-8-13-4-3-5-14(20)10-13/h3-7,10-12H,8-9H2,1-2H3,(H2,21,23,24,25). The van der Waals surface area contributed by atoms with E-state index in [9.17, 15) is 0 Å². The second kappa shape index (κ2) is 9.05. The molecule has 0 bridgehead atoms. The number of nitrogens with one attached hydrogen (secondary N) is 2. The summed E-state index contributed by atoms with van der Waals surface area (Å²) >= 11 is 6.00. The summed E-state index contributed by atoms with van der Waals surface area (Å²) in [6.45, 7) is 0.661. The van der Waals surface area contributed by atoms with Crippen LogP contribution in [0.15, 0.2) is 48.7 Å². The zero-order valence-electron chi connectivity index (χ0n) is 15.1. The molecule has 0 atom stereocenters. The molecular weight excluding hydrogens is 366 g/mol. The topological polar surface area (TPSA) is 81.2 Å². The van der Waals surface area contributed by atoms with Crippen LogP contribution in [0.5, 0.6) is 11.5 Å². The molecule has 0 aliphatic heterocycles. The van der Waals surface area contributed by atoms with E-state index in [1.807, 2.05) is 42.5 Å². The summed E-state index contributed by atoms with van der Waals surface area (Å²) in [4.78, 5) is 4.43. The fourth-order valence-electron chi connectivity index (χ4n) is 2.50. The van der Waals surface area contributed by atoms with Gasteiger partial charge in [-0.2, -0.15) is 10.1 Å². The number of methoxy groups -OCH3 is 2. The highest BCUT2D eigenvalue weighted by Gasteiger charge is 2.08. The van der Waals surface area contributed by atoms with Gasteiger partial charge in [0.1, 0.15) is 11.5 Å². The van der Waals surface area contributed by atoms with E-state index in [-0.39, 0.29) is 0 Å². The Morgan fingerprint density at radius 2 is 1.96 bits per heavy atom. The van der Waals surface area contributed by atoms with E-state index >= 15 is 0 Å². The molecule has 7 nitrogen and oxygen atoms in total. The van der Waals surface area contributed by atoms with Crippen molar-refractivity contribution in [2.24, 2.45) is 0 Å². The molecule has 0 unspecified atom stereocenters. The molecule has 1 heterocycles. The Kier molecular flexibility index (Phi) is 6.27. The minimum atomic E-state index is 0.434. The zero-order chi connectivity index (χ0) is 19.1. The number of aromatic nitrogens is 3. The maximum Gasteiger partial charge on any atom is 0.244 e. The minimum Gasteiger partial charge on any atom is -0.497 e. The van der Waals surface area contributed by atoms with E-state index in [2.05, 4.69) is 25.8 Å². The van der Waals surface area contributed by atoms with Crippen LogP contribution in [-0.4, -0.2) is 35.9 Å². The first-order chi connectivity index (χ1) is 13.2. The van der Waals surface area contributed by atoms with Crippen LogP contribution in [0.3, 0.4) is 0 Å². The third-order valence-corrected chi connectivity index (χ3v) is 4.05. The second-order valence-corrected chi connectivity index (χ2v) is 6.10. The number of hydrogen-bond donors (Lipinski definition) is 2. The first-order valence-corrected chi connectivity index (χ1v) is 8.73. The van der Waals surface area contributed by atoms with Crippen molar-refractivity contribution in [3.05, 3.63) is 59.2 Å². The number of hydrogen-bond acceptors (Lipinski definition) is 7. The molecule has 0 radical (unpaired) electrons. The molecule has 0 saturated carbocycles. The molecule has 0 saturated heterocycles. The first-order valence-electron chi connectivity index (χ1n) is 8.35. The number of ether oxygens (including phenoxy) is 2. The van der Waals surface area contributed by atoms with Gasteiger partial charge >= 0.3 is 0 Å². The fourth-order valence-corrected chi connectivity index (χ4v) is 2.71. The lowest BCUT2D eigenvalue weighted by Gasteiger charge is -2.12. The van der Waals surface area contributed by atoms with Crippen LogP contribution in [0.4, 0.5) is 17.5 Å². The van der Waals surface area contributed by atoms with Gasteiger partial charge in [-0.1, -0.05) is 23.7 Å². The van der Waals surface area contributed by atoms with Gasteiger partial charge in [0, 0.05) is 17.6 Å². The number of nitrogens with zero attached hydrogens (tertiary/aromatic N) is 3. The molecule has 1 aromatic heterocycles. The molecule has 2 N–H and O–H groups in total. The van der Waals surface area contributed by atoms with E-state index in [1.165, 1.54) is 0 Å². The predicted octanol–water partition coefficient (Wildman–Crippen LogP) is 3.94. The summed E-state index contributed by atoms with van der Waals surface area (Å²) in [5.41, 5.74) is 1.86. The Bertz CT molecular complexity index is 907. The number of benzene rings is 2. The lowest BCUT2D eigenvalue weighted by Crippen LogP contribution is -2.10. The molecule has 140 valence electrons. The minimum absolute atomic E-state index is 0.434. The van der Waals surface area contributed by atoms with E-state index < -0.39 is 0 Å². The summed E-state index contributed by atoms with van der Waals surface area (Å²) < 4.78 is 10.6. The van der Waals surface area contributed by atoms with Crippen molar-refractivity contribution >= 4 is 29.1 Å². The molecule has 8 heteroatoms. The number of anilines is 3. The van der Waals surface area contributed by atoms with Crippen molar-refractivity contribution in [2.75, 3.05) is 31.4 Å². The van der Waals surface area contributed by atoms with Crippen molar-refractivity contribution in [2.45, 2.75) is 6.42 Å². The summed E-state index contributed by atoms with van der Waals surface area (Å²) in [5.74, 6) is 2.36. The normalized spacial score (nSPS) is 10.3. The fraction of sp³-hybridized carbons (Fsp3) is 0.211. The number of halogens is 1. The van der Waals surface area contributed by atoms with Gasteiger partial charge in [0.25, 0.3) is 0 Å². The van der Waals surface area contributed by atoms with Gasteiger partial charge in [-0.15, -0.1) is 5.10 Å². The third-order valence-electron chi connectivity index (χ3n) is 3.81. The van der Waals surface area contributed by atoms with Crippen molar-refractivity contribution in [3.63, 3.8) is 0 Å². The van der Waals surface area contributed by atoms with Gasteiger partial charge in [0.15, 0.2) is 5.82 Å². The highest BCUT2D eigenvalue weighted by Crippen LogP contribution is 2.30. The zero-order valence-corrected chi connectivity index (χ0v) is 15.8. The van der Waals surface area contributed by atoms with Crippen LogP contribution < -0.4 is 20.1 Å².